The fourth-order valence-electron chi connectivity index (χ4n) is 1.93. The highest BCUT2D eigenvalue weighted by Crippen LogP contribution is 2.21. The lowest BCUT2D eigenvalue weighted by Crippen LogP contribution is -2.13. The number of nitriles is 1. The second-order valence-corrected chi connectivity index (χ2v) is 5.25. The molecular weight excluding hydrogens is 326 g/mol. The monoisotopic (exact) mass is 341 g/mol. The van der Waals surface area contributed by atoms with Crippen LogP contribution in [0.2, 0.25) is 0 Å². The zero-order valence-electron chi connectivity index (χ0n) is 13.6. The SMILES string of the molecule is CC(C)Oc1cccc(NC(=O)/C(C#N)=C\c2ccc([N+](=O)[O-])o2)c1. The van der Waals surface area contributed by atoms with Crippen molar-refractivity contribution in [1.29, 1.82) is 5.26 Å². The van der Waals surface area contributed by atoms with Crippen molar-refractivity contribution < 1.29 is 18.9 Å². The molecule has 1 aromatic carbocycles. The van der Waals surface area contributed by atoms with Gasteiger partial charge in [-0.05, 0) is 32.0 Å². The summed E-state index contributed by atoms with van der Waals surface area (Å²) in [5, 5.41) is 22.3. The fraction of sp³-hybridized carbons (Fsp3) is 0.176. The lowest BCUT2D eigenvalue weighted by molar-refractivity contribution is -0.402. The van der Waals surface area contributed by atoms with Crippen LogP contribution in [0.1, 0.15) is 19.6 Å². The topological polar surface area (TPSA) is 118 Å². The molecule has 0 fully saturated rings. The van der Waals surface area contributed by atoms with Crippen molar-refractivity contribution in [2.45, 2.75) is 20.0 Å². The molecule has 0 atom stereocenters. The smallest absolute Gasteiger partial charge is 0.433 e. The summed E-state index contributed by atoms with van der Waals surface area (Å²) in [7, 11) is 0. The average molecular weight is 341 g/mol. The Morgan fingerprint density at radius 2 is 2.16 bits per heavy atom. The van der Waals surface area contributed by atoms with Gasteiger partial charge in [-0.2, -0.15) is 5.26 Å². The number of rotatable bonds is 6. The van der Waals surface area contributed by atoms with Gasteiger partial charge < -0.3 is 14.5 Å². The lowest BCUT2D eigenvalue weighted by atomic mass is 10.2. The number of hydrogen-bond acceptors (Lipinski definition) is 6. The van der Waals surface area contributed by atoms with E-state index in [9.17, 15) is 14.9 Å². The number of carbonyl (C=O) groups excluding carboxylic acids is 1. The number of nitrogens with one attached hydrogen (secondary N) is 1. The van der Waals surface area contributed by atoms with Gasteiger partial charge in [0.05, 0.1) is 12.2 Å². The second-order valence-electron chi connectivity index (χ2n) is 5.25. The summed E-state index contributed by atoms with van der Waals surface area (Å²) >= 11 is 0. The van der Waals surface area contributed by atoms with Gasteiger partial charge >= 0.3 is 5.88 Å². The third-order valence-corrected chi connectivity index (χ3v) is 2.91. The van der Waals surface area contributed by atoms with Gasteiger partial charge in [-0.3, -0.25) is 14.9 Å². The Labute approximate surface area is 143 Å². The van der Waals surface area contributed by atoms with E-state index in [1.807, 2.05) is 13.8 Å². The summed E-state index contributed by atoms with van der Waals surface area (Å²) < 4.78 is 10.4. The molecule has 128 valence electrons. The molecule has 0 bridgehead atoms. The van der Waals surface area contributed by atoms with Crippen LogP contribution in [-0.4, -0.2) is 16.9 Å². The Hall–Kier alpha value is -3.60. The quantitative estimate of drug-likeness (QED) is 0.371. The fourth-order valence-corrected chi connectivity index (χ4v) is 1.93. The maximum atomic E-state index is 12.2. The zero-order chi connectivity index (χ0) is 18.4. The second kappa shape index (κ2) is 7.79. The summed E-state index contributed by atoms with van der Waals surface area (Å²) in [5.74, 6) is -0.516. The van der Waals surface area contributed by atoms with Crippen LogP contribution in [0.15, 0.2) is 46.4 Å². The van der Waals surface area contributed by atoms with Crippen LogP contribution in [0.3, 0.4) is 0 Å². The largest absolute Gasteiger partial charge is 0.491 e. The van der Waals surface area contributed by atoms with E-state index < -0.39 is 16.7 Å². The molecule has 1 amide bonds. The molecule has 0 aliphatic carbocycles. The summed E-state index contributed by atoms with van der Waals surface area (Å²) in [5.41, 5.74) is 0.203. The Morgan fingerprint density at radius 3 is 2.76 bits per heavy atom. The summed E-state index contributed by atoms with van der Waals surface area (Å²) in [6.07, 6.45) is 1.12. The van der Waals surface area contributed by atoms with Gasteiger partial charge in [0.25, 0.3) is 5.91 Å². The molecule has 8 heteroatoms. The Kier molecular flexibility index (Phi) is 5.53. The molecule has 25 heavy (non-hydrogen) atoms. The summed E-state index contributed by atoms with van der Waals surface area (Å²) in [6.45, 7) is 3.76. The van der Waals surface area contributed by atoms with E-state index >= 15 is 0 Å². The number of benzene rings is 1. The van der Waals surface area contributed by atoms with Crippen LogP contribution in [-0.2, 0) is 4.79 Å². The number of ether oxygens (including phenoxy) is 1. The van der Waals surface area contributed by atoms with Gasteiger partial charge in [-0.15, -0.1) is 0 Å². The average Bonchev–Trinajstić information content (AvgIpc) is 3.01. The van der Waals surface area contributed by atoms with Gasteiger partial charge in [0.2, 0.25) is 0 Å². The molecular formula is C17H15N3O5. The zero-order valence-corrected chi connectivity index (χ0v) is 13.6. The van der Waals surface area contributed by atoms with Crippen LogP contribution < -0.4 is 10.1 Å². The molecule has 1 heterocycles. The first-order valence-electron chi connectivity index (χ1n) is 7.33. The van der Waals surface area contributed by atoms with Crippen LogP contribution in [0.5, 0.6) is 5.75 Å². The maximum absolute atomic E-state index is 12.2. The van der Waals surface area contributed by atoms with E-state index in [1.54, 1.807) is 30.3 Å². The number of nitro groups is 1. The highest BCUT2D eigenvalue weighted by molar-refractivity contribution is 6.09. The van der Waals surface area contributed by atoms with Gasteiger partial charge in [0.15, 0.2) is 0 Å². The number of hydrogen-bond donors (Lipinski definition) is 1. The Bertz CT molecular complexity index is 861. The molecule has 0 radical (unpaired) electrons. The summed E-state index contributed by atoms with van der Waals surface area (Å²) in [4.78, 5) is 22.1. The van der Waals surface area contributed by atoms with E-state index in [-0.39, 0.29) is 17.4 Å². The number of amides is 1. The molecule has 0 aliphatic heterocycles. The van der Waals surface area contributed by atoms with Gasteiger partial charge in [0, 0.05) is 17.8 Å². The Morgan fingerprint density at radius 1 is 1.40 bits per heavy atom. The van der Waals surface area contributed by atoms with E-state index in [2.05, 4.69) is 5.32 Å². The third-order valence-electron chi connectivity index (χ3n) is 2.91. The summed E-state index contributed by atoms with van der Waals surface area (Å²) in [6, 6.07) is 10.9. The van der Waals surface area contributed by atoms with Crippen molar-refractivity contribution in [3.63, 3.8) is 0 Å². The van der Waals surface area contributed by atoms with E-state index in [1.165, 1.54) is 6.07 Å². The minimum atomic E-state index is -0.705. The van der Waals surface area contributed by atoms with Gasteiger partial charge in [-0.25, -0.2) is 0 Å². The van der Waals surface area contributed by atoms with Crippen LogP contribution in [0.25, 0.3) is 6.08 Å². The van der Waals surface area contributed by atoms with Crippen molar-refractivity contribution in [2.75, 3.05) is 5.32 Å². The number of nitrogens with zero attached hydrogens (tertiary/aromatic N) is 2. The van der Waals surface area contributed by atoms with Crippen molar-refractivity contribution in [1.82, 2.24) is 0 Å². The molecule has 2 aromatic rings. The predicted octanol–water partition coefficient (Wildman–Crippen LogP) is 3.52. The van der Waals surface area contributed by atoms with Crippen molar-refractivity contribution in [3.8, 4) is 11.8 Å². The first-order valence-corrected chi connectivity index (χ1v) is 7.33. The first kappa shape index (κ1) is 17.7. The normalized spacial score (nSPS) is 11.0. The highest BCUT2D eigenvalue weighted by Gasteiger charge is 2.14. The standard InChI is InChI=1S/C17H15N3O5/c1-11(2)24-14-5-3-4-13(9-14)19-17(21)12(10-18)8-15-6-7-16(25-15)20(22)23/h3-9,11H,1-2H3,(H,19,21)/b12-8-. The first-order chi connectivity index (χ1) is 11.9. The van der Waals surface area contributed by atoms with Gasteiger partial charge in [0.1, 0.15) is 28.1 Å². The number of furan rings is 1. The van der Waals surface area contributed by atoms with Crippen LogP contribution in [0, 0.1) is 21.4 Å². The highest BCUT2D eigenvalue weighted by atomic mass is 16.6. The molecule has 0 saturated heterocycles. The predicted molar refractivity (Wildman–Crippen MR) is 89.8 cm³/mol. The van der Waals surface area contributed by atoms with E-state index in [0.29, 0.717) is 11.4 Å². The number of carbonyl (C=O) groups is 1. The molecule has 0 unspecified atom stereocenters. The third kappa shape index (κ3) is 4.94. The molecule has 0 saturated carbocycles. The van der Waals surface area contributed by atoms with E-state index in [4.69, 9.17) is 14.4 Å². The minimum Gasteiger partial charge on any atom is -0.491 e. The van der Waals surface area contributed by atoms with E-state index in [0.717, 1.165) is 12.1 Å². The Balaban J connectivity index is 2.16. The van der Waals surface area contributed by atoms with Crippen molar-refractivity contribution in [3.05, 3.63) is 57.8 Å². The lowest BCUT2D eigenvalue weighted by Gasteiger charge is -2.11. The van der Waals surface area contributed by atoms with Crippen LogP contribution in [0.4, 0.5) is 11.6 Å². The number of anilines is 1. The molecule has 8 nitrogen and oxygen atoms in total. The van der Waals surface area contributed by atoms with Crippen LogP contribution >= 0.6 is 0 Å². The molecule has 0 spiro atoms. The minimum absolute atomic E-state index is 0.0183. The molecule has 0 aliphatic rings. The molecule has 1 aromatic heterocycles. The maximum Gasteiger partial charge on any atom is 0.433 e. The molecule has 2 rings (SSSR count). The van der Waals surface area contributed by atoms with Crippen molar-refractivity contribution >= 4 is 23.6 Å². The van der Waals surface area contributed by atoms with Crippen molar-refractivity contribution in [2.24, 2.45) is 0 Å². The molecule has 1 N–H and O–H groups in total. The van der Waals surface area contributed by atoms with Gasteiger partial charge in [-0.1, -0.05) is 6.07 Å².